The van der Waals surface area contributed by atoms with Crippen molar-refractivity contribution < 1.29 is 9.59 Å². The Bertz CT molecular complexity index is 1010. The van der Waals surface area contributed by atoms with Crippen LogP contribution in [0.25, 0.3) is 10.8 Å². The number of nitrogens with one attached hydrogen (secondary N) is 2. The van der Waals surface area contributed by atoms with E-state index in [-0.39, 0.29) is 30.8 Å². The number of hydrogen-bond acceptors (Lipinski definition) is 2. The number of amides is 2. The van der Waals surface area contributed by atoms with Gasteiger partial charge in [-0.25, -0.2) is 0 Å². The normalized spacial score (nSPS) is 15.6. The first-order valence-corrected chi connectivity index (χ1v) is 9.81. The van der Waals surface area contributed by atoms with Crippen molar-refractivity contribution in [1.82, 2.24) is 10.6 Å². The van der Waals surface area contributed by atoms with Gasteiger partial charge in [0, 0.05) is 0 Å². The van der Waals surface area contributed by atoms with Crippen LogP contribution in [-0.4, -0.2) is 18.4 Å². The van der Waals surface area contributed by atoms with Crippen LogP contribution in [0.4, 0.5) is 0 Å². The lowest BCUT2D eigenvalue weighted by Crippen LogP contribution is -2.40. The third-order valence-corrected chi connectivity index (χ3v) is 5.38. The van der Waals surface area contributed by atoms with Crippen LogP contribution >= 0.6 is 0 Å². The van der Waals surface area contributed by atoms with Crippen LogP contribution < -0.4 is 10.6 Å². The maximum Gasteiger partial charge on any atom is 0.239 e. The van der Waals surface area contributed by atoms with Crippen LogP contribution in [0, 0.1) is 0 Å². The molecule has 0 aliphatic heterocycles. The third-order valence-electron chi connectivity index (χ3n) is 5.38. The minimum absolute atomic E-state index is 0.00225. The summed E-state index contributed by atoms with van der Waals surface area (Å²) < 4.78 is 0. The fraction of sp³-hybridized carbons (Fsp3) is 0.250. The van der Waals surface area contributed by atoms with Crippen molar-refractivity contribution >= 4 is 22.6 Å². The van der Waals surface area contributed by atoms with Gasteiger partial charge in [0.1, 0.15) is 0 Å². The molecule has 4 heteroatoms. The molecule has 28 heavy (non-hydrogen) atoms. The maximum absolute atomic E-state index is 12.4. The van der Waals surface area contributed by atoms with Gasteiger partial charge in [-0.15, -0.1) is 0 Å². The Balaban J connectivity index is 1.33. The lowest BCUT2D eigenvalue weighted by atomic mass is 9.88. The van der Waals surface area contributed by atoms with Gasteiger partial charge >= 0.3 is 0 Å². The molecule has 3 aromatic carbocycles. The summed E-state index contributed by atoms with van der Waals surface area (Å²) in [5.74, 6) is -0.288. The Labute approximate surface area is 165 Å². The Morgan fingerprint density at radius 3 is 2.61 bits per heavy atom. The van der Waals surface area contributed by atoms with Gasteiger partial charge in [-0.3, -0.25) is 9.59 Å². The molecule has 4 rings (SSSR count). The first kappa shape index (κ1) is 18.2. The highest BCUT2D eigenvalue weighted by atomic mass is 16.2. The van der Waals surface area contributed by atoms with Gasteiger partial charge in [0.2, 0.25) is 11.8 Å². The van der Waals surface area contributed by atoms with E-state index in [1.807, 2.05) is 54.6 Å². The van der Waals surface area contributed by atoms with E-state index in [1.165, 1.54) is 11.1 Å². The molecule has 0 fully saturated rings. The Morgan fingerprint density at radius 1 is 0.893 bits per heavy atom. The summed E-state index contributed by atoms with van der Waals surface area (Å²) in [6.07, 6.45) is 3.33. The van der Waals surface area contributed by atoms with Crippen LogP contribution in [0.2, 0.25) is 0 Å². The van der Waals surface area contributed by atoms with Crippen molar-refractivity contribution in [2.75, 3.05) is 6.54 Å². The van der Waals surface area contributed by atoms with Gasteiger partial charge < -0.3 is 10.6 Å². The van der Waals surface area contributed by atoms with E-state index in [1.54, 1.807) is 0 Å². The molecule has 0 saturated heterocycles. The van der Waals surface area contributed by atoms with Gasteiger partial charge in [0.25, 0.3) is 0 Å². The molecule has 0 saturated carbocycles. The molecule has 2 amide bonds. The van der Waals surface area contributed by atoms with Crippen LogP contribution in [0.1, 0.15) is 35.6 Å². The molecule has 142 valence electrons. The van der Waals surface area contributed by atoms with Crippen LogP contribution in [0.3, 0.4) is 0 Å². The van der Waals surface area contributed by atoms with Crippen molar-refractivity contribution in [3.8, 4) is 0 Å². The van der Waals surface area contributed by atoms with E-state index >= 15 is 0 Å². The molecule has 0 spiro atoms. The molecule has 0 aromatic heterocycles. The second kappa shape index (κ2) is 8.26. The minimum atomic E-state index is -0.145. The largest absolute Gasteiger partial charge is 0.348 e. The van der Waals surface area contributed by atoms with Crippen molar-refractivity contribution in [1.29, 1.82) is 0 Å². The molecule has 4 nitrogen and oxygen atoms in total. The lowest BCUT2D eigenvalue weighted by molar-refractivity contribution is -0.126. The van der Waals surface area contributed by atoms with Crippen molar-refractivity contribution in [2.24, 2.45) is 0 Å². The van der Waals surface area contributed by atoms with Gasteiger partial charge in [-0.05, 0) is 46.7 Å². The summed E-state index contributed by atoms with van der Waals surface area (Å²) in [5.41, 5.74) is 3.47. The Morgan fingerprint density at radius 2 is 1.68 bits per heavy atom. The predicted octanol–water partition coefficient (Wildman–Crippen LogP) is 3.69. The third kappa shape index (κ3) is 4.06. The monoisotopic (exact) mass is 372 g/mol. The Hall–Kier alpha value is -3.14. The average Bonchev–Trinajstić information content (AvgIpc) is 2.73. The highest BCUT2D eigenvalue weighted by Crippen LogP contribution is 2.29. The second-order valence-corrected chi connectivity index (χ2v) is 7.30. The molecule has 0 bridgehead atoms. The first-order valence-electron chi connectivity index (χ1n) is 9.81. The van der Waals surface area contributed by atoms with E-state index in [0.29, 0.717) is 0 Å². The smallest absolute Gasteiger partial charge is 0.239 e. The number of aryl methyl sites for hydroxylation is 1. The number of carbonyl (C=O) groups excluding carboxylic acids is 2. The molecule has 2 N–H and O–H groups in total. The van der Waals surface area contributed by atoms with Gasteiger partial charge in [0.05, 0.1) is 19.0 Å². The number of hydrogen-bond donors (Lipinski definition) is 2. The zero-order valence-electron chi connectivity index (χ0n) is 15.8. The van der Waals surface area contributed by atoms with Gasteiger partial charge in [0.15, 0.2) is 0 Å². The highest BCUT2D eigenvalue weighted by Gasteiger charge is 2.21. The molecule has 1 aliphatic carbocycles. The SMILES string of the molecule is O=C(Cc1cccc2ccccc12)NCC(=O)N[C@@H]1CCCc2ccccc21. The van der Waals surface area contributed by atoms with Crippen LogP contribution in [0.15, 0.2) is 66.7 Å². The second-order valence-electron chi connectivity index (χ2n) is 7.30. The number of carbonyl (C=O) groups is 2. The molecular weight excluding hydrogens is 348 g/mol. The standard InChI is InChI=1S/C24H24N2O2/c27-23(15-19-11-5-9-17-7-1-3-12-20(17)19)25-16-24(28)26-22-14-6-10-18-8-2-4-13-21(18)22/h1-5,7-9,11-13,22H,6,10,14-16H2,(H,25,27)(H,26,28)/t22-/m1/s1. The van der Waals surface area contributed by atoms with E-state index in [0.717, 1.165) is 35.6 Å². The fourth-order valence-electron chi connectivity index (χ4n) is 4.01. The fourth-order valence-corrected chi connectivity index (χ4v) is 4.01. The van der Waals surface area contributed by atoms with Crippen molar-refractivity contribution in [3.63, 3.8) is 0 Å². The maximum atomic E-state index is 12.4. The average molecular weight is 372 g/mol. The first-order chi connectivity index (χ1) is 13.7. The predicted molar refractivity (Wildman–Crippen MR) is 111 cm³/mol. The summed E-state index contributed by atoms with van der Waals surface area (Å²) in [4.78, 5) is 24.7. The number of fused-ring (bicyclic) bond motifs is 2. The minimum Gasteiger partial charge on any atom is -0.348 e. The number of rotatable bonds is 5. The summed E-state index contributed by atoms with van der Waals surface area (Å²) >= 11 is 0. The van der Waals surface area contributed by atoms with E-state index in [4.69, 9.17) is 0 Å². The summed E-state index contributed by atoms with van der Waals surface area (Å²) in [7, 11) is 0. The Kier molecular flexibility index (Phi) is 5.38. The molecular formula is C24H24N2O2. The molecule has 1 atom stereocenters. The topological polar surface area (TPSA) is 58.2 Å². The van der Waals surface area contributed by atoms with E-state index in [2.05, 4.69) is 22.8 Å². The lowest BCUT2D eigenvalue weighted by Gasteiger charge is -2.26. The van der Waals surface area contributed by atoms with E-state index in [9.17, 15) is 9.59 Å². The van der Waals surface area contributed by atoms with E-state index < -0.39 is 0 Å². The molecule has 0 radical (unpaired) electrons. The zero-order valence-corrected chi connectivity index (χ0v) is 15.8. The van der Waals surface area contributed by atoms with Crippen LogP contribution in [-0.2, 0) is 22.4 Å². The van der Waals surface area contributed by atoms with Gasteiger partial charge in [-0.1, -0.05) is 66.7 Å². The van der Waals surface area contributed by atoms with Gasteiger partial charge in [-0.2, -0.15) is 0 Å². The van der Waals surface area contributed by atoms with Crippen molar-refractivity contribution in [2.45, 2.75) is 31.7 Å². The number of benzene rings is 3. The summed E-state index contributed by atoms with van der Waals surface area (Å²) in [5, 5.41) is 8.01. The summed E-state index contributed by atoms with van der Waals surface area (Å²) in [6.45, 7) is 0.00225. The highest BCUT2D eigenvalue weighted by molar-refractivity contribution is 5.91. The zero-order chi connectivity index (χ0) is 19.3. The molecule has 1 aliphatic rings. The van der Waals surface area contributed by atoms with Crippen molar-refractivity contribution in [3.05, 3.63) is 83.4 Å². The molecule has 0 unspecified atom stereocenters. The summed E-state index contributed by atoms with van der Waals surface area (Å²) in [6, 6.07) is 22.2. The van der Waals surface area contributed by atoms with Crippen LogP contribution in [0.5, 0.6) is 0 Å². The molecule has 0 heterocycles. The quantitative estimate of drug-likeness (QED) is 0.718. The molecule has 3 aromatic rings.